The van der Waals surface area contributed by atoms with Crippen LogP contribution in [0.1, 0.15) is 11.1 Å². The maximum Gasteiger partial charge on any atom is 0.0973 e. The minimum atomic E-state index is 0.753. The molecule has 0 saturated carbocycles. The van der Waals surface area contributed by atoms with Gasteiger partial charge in [0.05, 0.1) is 22.4 Å². The molecule has 0 N–H and O–H groups in total. The summed E-state index contributed by atoms with van der Waals surface area (Å²) in [4.78, 5) is 11.1. The lowest BCUT2D eigenvalue weighted by Gasteiger charge is -2.12. The quantitative estimate of drug-likeness (QED) is 0.268. The molecule has 1 aromatic heterocycles. The lowest BCUT2D eigenvalue weighted by atomic mass is 10.0. The maximum atomic E-state index is 5.69. The van der Waals surface area contributed by atoms with E-state index in [0.717, 1.165) is 51.3 Å². The van der Waals surface area contributed by atoms with E-state index in [2.05, 4.69) is 66.7 Å². The second-order valence-electron chi connectivity index (χ2n) is 7.85. The minimum Gasteiger partial charge on any atom is -0.244 e. The highest BCUT2D eigenvalue weighted by Gasteiger charge is 2.13. The van der Waals surface area contributed by atoms with Crippen molar-refractivity contribution in [1.82, 2.24) is 9.97 Å². The molecule has 0 atom stereocenters. The summed E-state index contributed by atoms with van der Waals surface area (Å²) >= 11 is 5.69. The molecule has 0 unspecified atom stereocenters. The Morgan fingerprint density at radius 3 is 1.62 bits per heavy atom. The molecule has 32 heavy (non-hydrogen) atoms. The number of benzene rings is 4. The molecule has 0 bridgehead atoms. The highest BCUT2D eigenvalue weighted by atomic mass is 32.1. The van der Waals surface area contributed by atoms with Crippen LogP contribution in [0.15, 0.2) is 109 Å². The fourth-order valence-corrected chi connectivity index (χ4v) is 4.25. The van der Waals surface area contributed by atoms with Gasteiger partial charge in [-0.25, -0.2) is 9.97 Å². The van der Waals surface area contributed by atoms with Crippen molar-refractivity contribution in [3.63, 3.8) is 0 Å². The molecule has 0 saturated heterocycles. The number of rotatable bonds is 6. The first-order chi connectivity index (χ1) is 15.8. The van der Waals surface area contributed by atoms with Crippen molar-refractivity contribution in [2.75, 3.05) is 0 Å². The molecule has 0 aliphatic rings. The van der Waals surface area contributed by atoms with Gasteiger partial charge in [0.1, 0.15) is 0 Å². The van der Waals surface area contributed by atoms with Gasteiger partial charge < -0.3 is 0 Å². The summed E-state index contributed by atoms with van der Waals surface area (Å²) in [5.41, 5.74) is 8.12. The van der Waals surface area contributed by atoms with Crippen LogP contribution in [0.5, 0.6) is 0 Å². The Labute approximate surface area is 193 Å². The Kier molecular flexibility index (Phi) is 5.82. The summed E-state index contributed by atoms with van der Waals surface area (Å²) in [6.07, 6.45) is 1.56. The van der Waals surface area contributed by atoms with Gasteiger partial charge in [0, 0.05) is 28.8 Å². The van der Waals surface area contributed by atoms with E-state index in [9.17, 15) is 0 Å². The highest BCUT2D eigenvalue weighted by molar-refractivity contribution is 7.80. The zero-order chi connectivity index (χ0) is 21.8. The Balaban J connectivity index is 1.52. The third-order valence-corrected chi connectivity index (χ3v) is 5.76. The molecular weight excluding hydrogens is 408 g/mol. The number of aromatic nitrogens is 2. The second kappa shape index (κ2) is 9.21. The van der Waals surface area contributed by atoms with Gasteiger partial charge in [0.2, 0.25) is 0 Å². The van der Waals surface area contributed by atoms with E-state index in [1.807, 2.05) is 42.5 Å². The predicted molar refractivity (Wildman–Crippen MR) is 137 cm³/mol. The molecule has 2 nitrogen and oxygen atoms in total. The van der Waals surface area contributed by atoms with Crippen LogP contribution >= 0.6 is 12.2 Å². The first kappa shape index (κ1) is 20.2. The molecule has 1 heterocycles. The molecule has 0 aliphatic carbocycles. The number of fused-ring (bicyclic) bond motifs is 1. The zero-order valence-electron chi connectivity index (χ0n) is 17.6. The Bertz CT molecular complexity index is 1360. The van der Waals surface area contributed by atoms with Gasteiger partial charge in [-0.05, 0) is 23.3 Å². The van der Waals surface area contributed by atoms with Gasteiger partial charge in [0.15, 0.2) is 0 Å². The van der Waals surface area contributed by atoms with Crippen LogP contribution in [0.2, 0.25) is 0 Å². The van der Waals surface area contributed by atoms with Crippen LogP contribution in [0.3, 0.4) is 0 Å². The largest absolute Gasteiger partial charge is 0.244 e. The molecule has 5 aromatic rings. The number of hydrogen-bond donors (Lipinski definition) is 0. The van der Waals surface area contributed by atoms with Crippen LogP contribution in [0, 0.1) is 0 Å². The van der Waals surface area contributed by atoms with Crippen molar-refractivity contribution in [1.29, 1.82) is 0 Å². The predicted octanol–water partition coefficient (Wildman–Crippen LogP) is 7.12. The van der Waals surface area contributed by atoms with E-state index in [1.54, 1.807) is 0 Å². The minimum absolute atomic E-state index is 0.753. The van der Waals surface area contributed by atoms with Crippen molar-refractivity contribution in [2.45, 2.75) is 12.8 Å². The molecule has 154 valence electrons. The summed E-state index contributed by atoms with van der Waals surface area (Å²) < 4.78 is 0. The summed E-state index contributed by atoms with van der Waals surface area (Å²) in [7, 11) is 0. The van der Waals surface area contributed by atoms with Gasteiger partial charge in [-0.15, -0.1) is 0 Å². The van der Waals surface area contributed by atoms with Crippen molar-refractivity contribution in [2.24, 2.45) is 0 Å². The SMILES string of the molecule is S=C(Cc1ccccc1)Cc1ccc2nc(-c3ccccc3)c(-c3ccccc3)nc2c1. The van der Waals surface area contributed by atoms with Crippen LogP contribution < -0.4 is 0 Å². The number of hydrogen-bond acceptors (Lipinski definition) is 3. The number of nitrogens with zero attached hydrogens (tertiary/aromatic N) is 2. The normalized spacial score (nSPS) is 10.9. The van der Waals surface area contributed by atoms with Gasteiger partial charge in [-0.1, -0.05) is 109 Å². The summed E-state index contributed by atoms with van der Waals surface area (Å²) in [6.45, 7) is 0. The van der Waals surface area contributed by atoms with Gasteiger partial charge in [0.25, 0.3) is 0 Å². The van der Waals surface area contributed by atoms with E-state index in [0.29, 0.717) is 0 Å². The molecular formula is C29H22N2S. The fraction of sp³-hybridized carbons (Fsp3) is 0.0690. The molecule has 3 heteroatoms. The monoisotopic (exact) mass is 430 g/mol. The molecule has 0 radical (unpaired) electrons. The molecule has 0 fully saturated rings. The fourth-order valence-electron chi connectivity index (χ4n) is 3.92. The lowest BCUT2D eigenvalue weighted by molar-refractivity contribution is 1.24. The lowest BCUT2D eigenvalue weighted by Crippen LogP contribution is -2.04. The molecule has 4 aromatic carbocycles. The van der Waals surface area contributed by atoms with Crippen molar-refractivity contribution in [3.8, 4) is 22.5 Å². The van der Waals surface area contributed by atoms with Crippen LogP contribution in [0.4, 0.5) is 0 Å². The average molecular weight is 431 g/mol. The average Bonchev–Trinajstić information content (AvgIpc) is 2.85. The summed E-state index contributed by atoms with van der Waals surface area (Å²) in [6, 6.07) is 37.2. The Morgan fingerprint density at radius 2 is 1.03 bits per heavy atom. The Hall–Kier alpha value is -3.69. The Morgan fingerprint density at radius 1 is 0.531 bits per heavy atom. The van der Waals surface area contributed by atoms with Crippen LogP contribution in [-0.4, -0.2) is 14.8 Å². The topological polar surface area (TPSA) is 25.8 Å². The van der Waals surface area contributed by atoms with Crippen molar-refractivity contribution < 1.29 is 0 Å². The van der Waals surface area contributed by atoms with Crippen molar-refractivity contribution >= 4 is 28.1 Å². The highest BCUT2D eigenvalue weighted by Crippen LogP contribution is 2.31. The van der Waals surface area contributed by atoms with Gasteiger partial charge in [-0.2, -0.15) is 0 Å². The van der Waals surface area contributed by atoms with E-state index < -0.39 is 0 Å². The van der Waals surface area contributed by atoms with E-state index in [1.165, 1.54) is 11.1 Å². The van der Waals surface area contributed by atoms with Gasteiger partial charge in [-0.3, -0.25) is 0 Å². The molecule has 0 aliphatic heterocycles. The van der Waals surface area contributed by atoms with E-state index >= 15 is 0 Å². The van der Waals surface area contributed by atoms with Crippen LogP contribution in [-0.2, 0) is 12.8 Å². The first-order valence-electron chi connectivity index (χ1n) is 10.7. The summed E-state index contributed by atoms with van der Waals surface area (Å²) in [5, 5.41) is 0. The third-order valence-electron chi connectivity index (χ3n) is 5.47. The molecule has 5 rings (SSSR count). The molecule has 0 amide bonds. The van der Waals surface area contributed by atoms with Gasteiger partial charge >= 0.3 is 0 Å². The van der Waals surface area contributed by atoms with Crippen molar-refractivity contribution in [3.05, 3.63) is 120 Å². The standard InChI is InChI=1S/C29H22N2S/c32-25(18-21-10-4-1-5-11-21)19-22-16-17-26-27(20-22)31-29(24-14-8-3-9-15-24)28(30-26)23-12-6-2-7-13-23/h1-17,20H,18-19H2. The smallest absolute Gasteiger partial charge is 0.0973 e. The van der Waals surface area contributed by atoms with Crippen LogP contribution in [0.25, 0.3) is 33.5 Å². The van der Waals surface area contributed by atoms with E-state index in [-0.39, 0.29) is 0 Å². The third kappa shape index (κ3) is 4.48. The summed E-state index contributed by atoms with van der Waals surface area (Å²) in [5.74, 6) is 0. The zero-order valence-corrected chi connectivity index (χ0v) is 18.4. The number of thiocarbonyl (C=S) groups is 1. The van der Waals surface area contributed by atoms with E-state index in [4.69, 9.17) is 22.2 Å². The molecule has 0 spiro atoms. The maximum absolute atomic E-state index is 5.69. The second-order valence-corrected chi connectivity index (χ2v) is 8.43. The first-order valence-corrected chi connectivity index (χ1v) is 11.1.